The number of hydrogen-bond donors (Lipinski definition) is 1. The number of hydrogen-bond acceptors (Lipinski definition) is 3. The average molecular weight is 243 g/mol. The zero-order chi connectivity index (χ0) is 12.8. The molecule has 0 spiro atoms. The van der Waals surface area contributed by atoms with Gasteiger partial charge in [0.25, 0.3) is 0 Å². The molecule has 0 bridgehead atoms. The predicted octanol–water partition coefficient (Wildman–Crippen LogP) is 2.55. The normalized spacial score (nSPS) is 16.0. The second-order valence-corrected chi connectivity index (χ2v) is 4.83. The van der Waals surface area contributed by atoms with Crippen LogP contribution in [-0.2, 0) is 0 Å². The number of anilines is 1. The number of nitrogens with zero attached hydrogens (tertiary/aromatic N) is 2. The molecule has 1 unspecified atom stereocenters. The van der Waals surface area contributed by atoms with Crippen LogP contribution in [0.2, 0.25) is 0 Å². The predicted molar refractivity (Wildman–Crippen MR) is 74.5 cm³/mol. The van der Waals surface area contributed by atoms with Gasteiger partial charge in [0.15, 0.2) is 0 Å². The highest BCUT2D eigenvalue weighted by Crippen LogP contribution is 2.20. The van der Waals surface area contributed by atoms with Crippen LogP contribution in [0.1, 0.15) is 26.2 Å². The second-order valence-electron chi connectivity index (χ2n) is 4.83. The van der Waals surface area contributed by atoms with E-state index in [4.69, 9.17) is 5.26 Å². The van der Waals surface area contributed by atoms with E-state index < -0.39 is 0 Å². The van der Waals surface area contributed by atoms with E-state index in [1.165, 1.54) is 18.5 Å². The summed E-state index contributed by atoms with van der Waals surface area (Å²) in [5.41, 5.74) is 1.24. The molecule has 1 aliphatic carbocycles. The molecular formula is C15H21N3. The Bertz CT molecular complexity index is 392. The summed E-state index contributed by atoms with van der Waals surface area (Å²) in [6.45, 7) is 4.06. The first-order chi connectivity index (χ1) is 8.83. The highest BCUT2D eigenvalue weighted by Gasteiger charge is 2.24. The molecule has 3 heteroatoms. The molecule has 18 heavy (non-hydrogen) atoms. The Labute approximate surface area is 109 Å². The summed E-state index contributed by atoms with van der Waals surface area (Å²) in [6.07, 6.45) is 3.35. The van der Waals surface area contributed by atoms with Crippen molar-refractivity contribution in [2.75, 3.05) is 18.0 Å². The Balaban J connectivity index is 1.84. The maximum absolute atomic E-state index is 9.13. The van der Waals surface area contributed by atoms with Gasteiger partial charge in [-0.3, -0.25) is 5.32 Å². The Hall–Kier alpha value is -1.53. The van der Waals surface area contributed by atoms with Crippen LogP contribution in [0.25, 0.3) is 0 Å². The van der Waals surface area contributed by atoms with Crippen LogP contribution in [0, 0.1) is 11.3 Å². The van der Waals surface area contributed by atoms with Crippen LogP contribution in [0.15, 0.2) is 30.3 Å². The van der Waals surface area contributed by atoms with Crippen molar-refractivity contribution in [3.63, 3.8) is 0 Å². The van der Waals surface area contributed by atoms with Crippen LogP contribution >= 0.6 is 0 Å². The Morgan fingerprint density at radius 2 is 2.11 bits per heavy atom. The molecule has 1 atom stereocenters. The van der Waals surface area contributed by atoms with Crippen molar-refractivity contribution in [1.29, 1.82) is 5.26 Å². The standard InChI is InChI=1S/C15H21N3/c1-2-18(15-6-4-3-5-7-15)11-10-14(12-16)17-13-8-9-13/h3-7,13-14,17H,2,8-11H2,1H3. The lowest BCUT2D eigenvalue weighted by atomic mass is 10.2. The first-order valence-electron chi connectivity index (χ1n) is 6.79. The van der Waals surface area contributed by atoms with Gasteiger partial charge in [0.2, 0.25) is 0 Å². The van der Waals surface area contributed by atoms with Crippen LogP contribution < -0.4 is 10.2 Å². The van der Waals surface area contributed by atoms with Crippen molar-refractivity contribution in [1.82, 2.24) is 5.32 Å². The van der Waals surface area contributed by atoms with Crippen molar-refractivity contribution in [3.05, 3.63) is 30.3 Å². The molecule has 0 radical (unpaired) electrons. The smallest absolute Gasteiger partial charge is 0.0972 e. The van der Waals surface area contributed by atoms with E-state index in [0.717, 1.165) is 19.5 Å². The molecule has 1 aromatic rings. The summed E-state index contributed by atoms with van der Waals surface area (Å²) < 4.78 is 0. The Morgan fingerprint density at radius 1 is 1.39 bits per heavy atom. The minimum atomic E-state index is -0.00439. The van der Waals surface area contributed by atoms with Crippen molar-refractivity contribution in [3.8, 4) is 6.07 Å². The fourth-order valence-electron chi connectivity index (χ4n) is 2.11. The summed E-state index contributed by atoms with van der Waals surface area (Å²) in [5.74, 6) is 0. The molecule has 1 saturated carbocycles. The summed E-state index contributed by atoms with van der Waals surface area (Å²) in [4.78, 5) is 2.32. The Morgan fingerprint density at radius 3 is 2.67 bits per heavy atom. The van der Waals surface area contributed by atoms with E-state index in [2.05, 4.69) is 47.5 Å². The highest BCUT2D eigenvalue weighted by atomic mass is 15.1. The van der Waals surface area contributed by atoms with E-state index in [1.807, 2.05) is 6.07 Å². The molecule has 1 fully saturated rings. The molecule has 2 rings (SSSR count). The van der Waals surface area contributed by atoms with Crippen LogP contribution in [0.5, 0.6) is 0 Å². The zero-order valence-corrected chi connectivity index (χ0v) is 11.0. The number of benzene rings is 1. The van der Waals surface area contributed by atoms with Gasteiger partial charge in [0.05, 0.1) is 12.1 Å². The number of para-hydroxylation sites is 1. The fourth-order valence-corrected chi connectivity index (χ4v) is 2.11. The molecule has 0 amide bonds. The molecular weight excluding hydrogens is 222 g/mol. The van der Waals surface area contributed by atoms with Gasteiger partial charge in [-0.05, 0) is 38.3 Å². The average Bonchev–Trinajstić information content (AvgIpc) is 3.23. The molecule has 96 valence electrons. The molecule has 1 aliphatic rings. The second kappa shape index (κ2) is 6.42. The van der Waals surface area contributed by atoms with Crippen molar-refractivity contribution >= 4 is 5.69 Å². The van der Waals surface area contributed by atoms with Crippen molar-refractivity contribution < 1.29 is 0 Å². The molecule has 1 aromatic carbocycles. The van der Waals surface area contributed by atoms with Gasteiger partial charge >= 0.3 is 0 Å². The fraction of sp³-hybridized carbons (Fsp3) is 0.533. The maximum atomic E-state index is 9.13. The van der Waals surface area contributed by atoms with Gasteiger partial charge in [-0.2, -0.15) is 5.26 Å². The van der Waals surface area contributed by atoms with Gasteiger partial charge < -0.3 is 4.90 Å². The highest BCUT2D eigenvalue weighted by molar-refractivity contribution is 5.45. The van der Waals surface area contributed by atoms with E-state index in [1.54, 1.807) is 0 Å². The summed E-state index contributed by atoms with van der Waals surface area (Å²) >= 11 is 0. The number of rotatable bonds is 7. The molecule has 0 saturated heterocycles. The van der Waals surface area contributed by atoms with E-state index >= 15 is 0 Å². The summed E-state index contributed by atoms with van der Waals surface area (Å²) in [6, 6.07) is 13.4. The quantitative estimate of drug-likeness (QED) is 0.800. The minimum Gasteiger partial charge on any atom is -0.372 e. The van der Waals surface area contributed by atoms with Crippen molar-refractivity contribution in [2.24, 2.45) is 0 Å². The van der Waals surface area contributed by atoms with Crippen LogP contribution in [-0.4, -0.2) is 25.2 Å². The lowest BCUT2D eigenvalue weighted by Crippen LogP contribution is -2.34. The third kappa shape index (κ3) is 3.75. The number of nitriles is 1. The first-order valence-corrected chi connectivity index (χ1v) is 6.79. The SMILES string of the molecule is CCN(CCC(C#N)NC1CC1)c1ccccc1. The maximum Gasteiger partial charge on any atom is 0.0972 e. The van der Waals surface area contributed by atoms with Gasteiger partial charge in [-0.1, -0.05) is 18.2 Å². The van der Waals surface area contributed by atoms with Crippen LogP contribution in [0.3, 0.4) is 0 Å². The van der Waals surface area contributed by atoms with Crippen LogP contribution in [0.4, 0.5) is 5.69 Å². The van der Waals surface area contributed by atoms with E-state index in [-0.39, 0.29) is 6.04 Å². The van der Waals surface area contributed by atoms with Gasteiger partial charge in [0.1, 0.15) is 0 Å². The summed E-state index contributed by atoms with van der Waals surface area (Å²) in [5, 5.41) is 12.5. The third-order valence-corrected chi connectivity index (χ3v) is 3.36. The monoisotopic (exact) mass is 243 g/mol. The zero-order valence-electron chi connectivity index (χ0n) is 11.0. The number of nitrogens with one attached hydrogen (secondary N) is 1. The molecule has 0 aromatic heterocycles. The van der Waals surface area contributed by atoms with Gasteiger partial charge in [0, 0.05) is 24.8 Å². The minimum absolute atomic E-state index is 0.00439. The first kappa shape index (κ1) is 12.9. The van der Waals surface area contributed by atoms with E-state index in [9.17, 15) is 0 Å². The molecule has 0 aliphatic heterocycles. The van der Waals surface area contributed by atoms with Gasteiger partial charge in [-0.15, -0.1) is 0 Å². The lowest BCUT2D eigenvalue weighted by Gasteiger charge is -2.24. The van der Waals surface area contributed by atoms with Gasteiger partial charge in [-0.25, -0.2) is 0 Å². The lowest BCUT2D eigenvalue weighted by molar-refractivity contribution is 0.556. The van der Waals surface area contributed by atoms with Crippen molar-refractivity contribution in [2.45, 2.75) is 38.3 Å². The third-order valence-electron chi connectivity index (χ3n) is 3.36. The summed E-state index contributed by atoms with van der Waals surface area (Å²) in [7, 11) is 0. The van der Waals surface area contributed by atoms with E-state index in [0.29, 0.717) is 6.04 Å². The molecule has 0 heterocycles. The molecule has 1 N–H and O–H groups in total. The molecule has 3 nitrogen and oxygen atoms in total. The Kier molecular flexibility index (Phi) is 4.60. The largest absolute Gasteiger partial charge is 0.372 e. The topological polar surface area (TPSA) is 39.1 Å².